The van der Waals surface area contributed by atoms with E-state index in [1.807, 2.05) is 32.9 Å². The van der Waals surface area contributed by atoms with Gasteiger partial charge in [0.25, 0.3) is 0 Å². The van der Waals surface area contributed by atoms with Crippen molar-refractivity contribution in [2.45, 2.75) is 64.9 Å². The Bertz CT molecular complexity index is 517. The molecule has 2 heteroatoms. The second-order valence-corrected chi connectivity index (χ2v) is 6.50. The molecule has 1 N–H and O–H groups in total. The molecule has 2 rings (SSSR count). The fourth-order valence-corrected chi connectivity index (χ4v) is 3.56. The van der Waals surface area contributed by atoms with Crippen LogP contribution >= 0.6 is 0 Å². The van der Waals surface area contributed by atoms with Crippen LogP contribution in [0.15, 0.2) is 18.2 Å². The van der Waals surface area contributed by atoms with Gasteiger partial charge in [-0.25, -0.2) is 0 Å². The lowest BCUT2D eigenvalue weighted by atomic mass is 9.65. The highest BCUT2D eigenvalue weighted by atomic mass is 16.3. The average molecular weight is 271 g/mol. The predicted octanol–water partition coefficient (Wildman–Crippen LogP) is 4.38. The second kappa shape index (κ2) is 5.58. The molecular weight excluding hydrogens is 246 g/mol. The van der Waals surface area contributed by atoms with Crippen molar-refractivity contribution in [2.75, 3.05) is 0 Å². The van der Waals surface area contributed by atoms with Crippen molar-refractivity contribution in [1.29, 1.82) is 5.26 Å². The quantitative estimate of drug-likeness (QED) is 0.811. The topological polar surface area (TPSA) is 44.0 Å². The minimum Gasteiger partial charge on any atom is -0.384 e. The van der Waals surface area contributed by atoms with Gasteiger partial charge in [-0.15, -0.1) is 0 Å². The van der Waals surface area contributed by atoms with Crippen LogP contribution in [0.4, 0.5) is 0 Å². The molecule has 108 valence electrons. The van der Waals surface area contributed by atoms with Crippen molar-refractivity contribution in [3.8, 4) is 6.07 Å². The van der Waals surface area contributed by atoms with Crippen molar-refractivity contribution < 1.29 is 5.11 Å². The summed E-state index contributed by atoms with van der Waals surface area (Å²) in [6.45, 7) is 5.89. The maximum atomic E-state index is 11.3. The highest BCUT2D eigenvalue weighted by molar-refractivity contribution is 5.38. The summed E-state index contributed by atoms with van der Waals surface area (Å²) in [5.74, 6) is 0. The van der Waals surface area contributed by atoms with Gasteiger partial charge in [-0.3, -0.25) is 0 Å². The standard InChI is InChI=1S/C18H25NO/c1-14-8-9-15(2)16(12-14)17(3,20)18(13-19)10-6-4-5-7-11-18/h8-9,12,20H,4-7,10-11H2,1-3H3. The zero-order chi connectivity index (χ0) is 14.8. The Hall–Kier alpha value is -1.33. The molecule has 1 fully saturated rings. The van der Waals surface area contributed by atoms with Crippen LogP contribution in [-0.2, 0) is 5.60 Å². The van der Waals surface area contributed by atoms with Crippen LogP contribution in [0.2, 0.25) is 0 Å². The SMILES string of the molecule is Cc1ccc(C)c(C(C)(O)C2(C#N)CCCCCC2)c1. The molecular formula is C18H25NO. The molecule has 0 heterocycles. The molecule has 1 unspecified atom stereocenters. The Morgan fingerprint density at radius 3 is 2.30 bits per heavy atom. The summed E-state index contributed by atoms with van der Waals surface area (Å²) in [4.78, 5) is 0. The molecule has 0 saturated heterocycles. The van der Waals surface area contributed by atoms with Gasteiger partial charge in [0, 0.05) is 0 Å². The second-order valence-electron chi connectivity index (χ2n) is 6.50. The van der Waals surface area contributed by atoms with Crippen LogP contribution in [0.1, 0.15) is 62.1 Å². The minimum atomic E-state index is -1.08. The molecule has 1 aliphatic carbocycles. The van der Waals surface area contributed by atoms with E-state index in [1.54, 1.807) is 0 Å². The summed E-state index contributed by atoms with van der Waals surface area (Å²) in [5.41, 5.74) is 1.39. The van der Waals surface area contributed by atoms with Gasteiger partial charge in [0.05, 0.1) is 11.5 Å². The third kappa shape index (κ3) is 2.47. The Balaban J connectivity index is 2.50. The number of nitrogens with zero attached hydrogens (tertiary/aromatic N) is 1. The Kier molecular flexibility index (Phi) is 4.20. The Morgan fingerprint density at radius 2 is 1.75 bits per heavy atom. The first kappa shape index (κ1) is 15.1. The molecule has 0 radical (unpaired) electrons. The summed E-state index contributed by atoms with van der Waals surface area (Å²) >= 11 is 0. The number of nitriles is 1. The minimum absolute atomic E-state index is 0.651. The third-order valence-electron chi connectivity index (χ3n) is 5.02. The summed E-state index contributed by atoms with van der Waals surface area (Å²) in [6.07, 6.45) is 6.01. The summed E-state index contributed by atoms with van der Waals surface area (Å²) in [5, 5.41) is 21.1. The van der Waals surface area contributed by atoms with Crippen molar-refractivity contribution in [3.05, 3.63) is 34.9 Å². The highest BCUT2D eigenvalue weighted by Gasteiger charge is 2.49. The van der Waals surface area contributed by atoms with Gasteiger partial charge in [-0.2, -0.15) is 5.26 Å². The predicted molar refractivity (Wildman–Crippen MR) is 81.2 cm³/mol. The van der Waals surface area contributed by atoms with E-state index in [-0.39, 0.29) is 0 Å². The molecule has 0 spiro atoms. The maximum Gasteiger partial charge on any atom is 0.106 e. The molecule has 1 aromatic rings. The first-order valence-corrected chi connectivity index (χ1v) is 7.64. The number of aryl methyl sites for hydroxylation is 2. The molecule has 1 saturated carbocycles. The third-order valence-corrected chi connectivity index (χ3v) is 5.02. The molecule has 20 heavy (non-hydrogen) atoms. The van der Waals surface area contributed by atoms with Crippen LogP contribution in [0.5, 0.6) is 0 Å². The van der Waals surface area contributed by atoms with E-state index in [4.69, 9.17) is 0 Å². The fraction of sp³-hybridized carbons (Fsp3) is 0.611. The zero-order valence-electron chi connectivity index (χ0n) is 12.9. The van der Waals surface area contributed by atoms with E-state index >= 15 is 0 Å². The van der Waals surface area contributed by atoms with E-state index in [2.05, 4.69) is 12.1 Å². The molecule has 0 aromatic heterocycles. The molecule has 0 bridgehead atoms. The number of hydrogen-bond donors (Lipinski definition) is 1. The van der Waals surface area contributed by atoms with Crippen molar-refractivity contribution in [2.24, 2.45) is 5.41 Å². The molecule has 0 amide bonds. The van der Waals surface area contributed by atoms with Gasteiger partial charge in [0.15, 0.2) is 0 Å². The van der Waals surface area contributed by atoms with E-state index in [9.17, 15) is 10.4 Å². The first-order valence-electron chi connectivity index (χ1n) is 7.64. The number of hydrogen-bond acceptors (Lipinski definition) is 2. The number of aliphatic hydroxyl groups is 1. The lowest BCUT2D eigenvalue weighted by Crippen LogP contribution is -2.43. The van der Waals surface area contributed by atoms with Crippen molar-refractivity contribution in [3.63, 3.8) is 0 Å². The Morgan fingerprint density at radius 1 is 1.15 bits per heavy atom. The summed E-state index contributed by atoms with van der Waals surface area (Å²) < 4.78 is 0. The molecule has 2 nitrogen and oxygen atoms in total. The van der Waals surface area contributed by atoms with E-state index in [0.717, 1.165) is 42.4 Å². The molecule has 1 atom stereocenters. The van der Waals surface area contributed by atoms with Gasteiger partial charge in [0.1, 0.15) is 5.60 Å². The first-order chi connectivity index (χ1) is 9.43. The van der Waals surface area contributed by atoms with E-state index in [0.29, 0.717) is 0 Å². The lowest BCUT2D eigenvalue weighted by molar-refractivity contribution is -0.0538. The largest absolute Gasteiger partial charge is 0.384 e. The smallest absolute Gasteiger partial charge is 0.106 e. The molecule has 0 aliphatic heterocycles. The van der Waals surface area contributed by atoms with Crippen molar-refractivity contribution >= 4 is 0 Å². The normalized spacial score (nSPS) is 21.6. The molecule has 1 aliphatic rings. The van der Waals surface area contributed by atoms with Crippen LogP contribution in [0.25, 0.3) is 0 Å². The van der Waals surface area contributed by atoms with Crippen LogP contribution in [0, 0.1) is 30.6 Å². The summed E-state index contributed by atoms with van der Waals surface area (Å²) in [6, 6.07) is 8.63. The van der Waals surface area contributed by atoms with Gasteiger partial charge in [-0.1, -0.05) is 49.4 Å². The van der Waals surface area contributed by atoms with Gasteiger partial charge in [0.2, 0.25) is 0 Å². The van der Waals surface area contributed by atoms with Gasteiger partial charge < -0.3 is 5.11 Å². The van der Waals surface area contributed by atoms with Crippen LogP contribution in [0.3, 0.4) is 0 Å². The number of benzene rings is 1. The lowest BCUT2D eigenvalue weighted by Gasteiger charge is -2.41. The average Bonchev–Trinajstić information content (AvgIpc) is 2.68. The monoisotopic (exact) mass is 271 g/mol. The van der Waals surface area contributed by atoms with E-state index < -0.39 is 11.0 Å². The van der Waals surface area contributed by atoms with Crippen LogP contribution < -0.4 is 0 Å². The fourth-order valence-electron chi connectivity index (χ4n) is 3.56. The number of rotatable bonds is 2. The Labute approximate surface area is 122 Å². The highest BCUT2D eigenvalue weighted by Crippen LogP contribution is 2.49. The van der Waals surface area contributed by atoms with Gasteiger partial charge in [-0.05, 0) is 44.7 Å². The van der Waals surface area contributed by atoms with Gasteiger partial charge >= 0.3 is 0 Å². The maximum absolute atomic E-state index is 11.3. The van der Waals surface area contributed by atoms with Crippen LogP contribution in [-0.4, -0.2) is 5.11 Å². The molecule has 1 aromatic carbocycles. The van der Waals surface area contributed by atoms with E-state index in [1.165, 1.54) is 12.8 Å². The zero-order valence-corrected chi connectivity index (χ0v) is 12.9. The van der Waals surface area contributed by atoms with Crippen molar-refractivity contribution in [1.82, 2.24) is 0 Å². The summed E-state index contributed by atoms with van der Waals surface area (Å²) in [7, 11) is 0.